The molecule has 5 aromatic rings. The first kappa shape index (κ1) is 24.7. The van der Waals surface area contributed by atoms with Gasteiger partial charge in [-0.05, 0) is 115 Å². The highest BCUT2D eigenvalue weighted by molar-refractivity contribution is 5.88. The number of benzene rings is 3. The molecule has 1 atom stereocenters. The first-order chi connectivity index (χ1) is 20.0. The number of rotatable bonds is 3. The Balaban J connectivity index is 1.26. The molecule has 7 nitrogen and oxygen atoms in total. The van der Waals surface area contributed by atoms with Gasteiger partial charge in [0.05, 0.1) is 34.2 Å². The Morgan fingerprint density at radius 3 is 2.15 bits per heavy atom. The maximum atomic E-state index is 13.3. The van der Waals surface area contributed by atoms with E-state index in [0.29, 0.717) is 21.7 Å². The van der Waals surface area contributed by atoms with E-state index in [1.165, 1.54) is 54.3 Å². The van der Waals surface area contributed by atoms with Gasteiger partial charge in [-0.2, -0.15) is 0 Å². The lowest BCUT2D eigenvalue weighted by molar-refractivity contribution is 0.306. The number of likely N-dealkylation sites (tertiary alicyclic amines) is 1. The number of hydrogen-bond donors (Lipinski definition) is 2. The van der Waals surface area contributed by atoms with Crippen molar-refractivity contribution in [2.24, 2.45) is 5.41 Å². The van der Waals surface area contributed by atoms with Gasteiger partial charge in [-0.25, -0.2) is 9.97 Å². The summed E-state index contributed by atoms with van der Waals surface area (Å²) in [6, 6.07) is 16.8. The van der Waals surface area contributed by atoms with Crippen molar-refractivity contribution >= 4 is 21.8 Å². The molecule has 2 aliphatic carbocycles. The molecule has 8 rings (SSSR count). The second kappa shape index (κ2) is 9.21. The zero-order valence-corrected chi connectivity index (χ0v) is 23.3. The van der Waals surface area contributed by atoms with Crippen LogP contribution in [0, 0.1) is 5.41 Å². The van der Waals surface area contributed by atoms with Crippen LogP contribution in [0.1, 0.15) is 61.5 Å². The highest BCUT2D eigenvalue weighted by atomic mass is 16.1. The first-order valence-electron chi connectivity index (χ1n) is 14.9. The third kappa shape index (κ3) is 3.97. The lowest BCUT2D eigenvalue weighted by Crippen LogP contribution is -2.23. The number of aromatic nitrogens is 4. The highest BCUT2D eigenvalue weighted by Crippen LogP contribution is 2.53. The normalized spacial score (nSPS) is 20.0. The zero-order chi connectivity index (χ0) is 27.7. The van der Waals surface area contributed by atoms with Crippen LogP contribution in [0.15, 0.2) is 64.4 Å². The molecule has 1 saturated heterocycles. The molecular weight excluding hydrogens is 510 g/mol. The number of nitrogens with zero attached hydrogens (tertiary/aromatic N) is 3. The summed E-state index contributed by atoms with van der Waals surface area (Å²) in [6.45, 7) is 1.03. The highest BCUT2D eigenvalue weighted by Gasteiger charge is 2.41. The van der Waals surface area contributed by atoms with Gasteiger partial charge in [0.15, 0.2) is 0 Å². The zero-order valence-electron chi connectivity index (χ0n) is 23.3. The molecule has 7 heteroatoms. The van der Waals surface area contributed by atoms with Gasteiger partial charge >= 0.3 is 0 Å². The molecule has 2 aromatic heterocycles. The Kier molecular flexibility index (Phi) is 5.54. The Morgan fingerprint density at radius 2 is 1.49 bits per heavy atom. The van der Waals surface area contributed by atoms with Crippen molar-refractivity contribution in [3.8, 4) is 22.3 Å². The van der Waals surface area contributed by atoms with Crippen LogP contribution in [-0.4, -0.2) is 38.4 Å². The van der Waals surface area contributed by atoms with Crippen LogP contribution in [0.25, 0.3) is 44.1 Å². The van der Waals surface area contributed by atoms with Crippen molar-refractivity contribution in [2.45, 2.75) is 57.4 Å². The van der Waals surface area contributed by atoms with E-state index in [2.05, 4.69) is 51.2 Å². The van der Waals surface area contributed by atoms with Crippen molar-refractivity contribution in [3.63, 3.8) is 0 Å². The van der Waals surface area contributed by atoms with E-state index in [0.717, 1.165) is 54.7 Å². The van der Waals surface area contributed by atoms with Crippen molar-refractivity contribution in [2.75, 3.05) is 13.6 Å². The minimum atomic E-state index is -0.116. The minimum Gasteiger partial charge on any atom is -0.313 e. The number of fused-ring (bicyclic) bond motifs is 3. The molecule has 0 amide bonds. The van der Waals surface area contributed by atoms with Crippen LogP contribution in [0.2, 0.25) is 0 Å². The average Bonchev–Trinajstić information content (AvgIpc) is 3.72. The topological polar surface area (TPSA) is 94.7 Å². The van der Waals surface area contributed by atoms with Gasteiger partial charge < -0.3 is 9.97 Å². The molecule has 3 aromatic carbocycles. The molecule has 41 heavy (non-hydrogen) atoms. The van der Waals surface area contributed by atoms with Crippen LogP contribution in [0.3, 0.4) is 0 Å². The van der Waals surface area contributed by atoms with Gasteiger partial charge in [-0.1, -0.05) is 37.1 Å². The summed E-state index contributed by atoms with van der Waals surface area (Å²) in [5, 5.41) is 1.25. The van der Waals surface area contributed by atoms with E-state index in [4.69, 9.17) is 4.98 Å². The van der Waals surface area contributed by atoms with Gasteiger partial charge in [0.2, 0.25) is 0 Å². The summed E-state index contributed by atoms with van der Waals surface area (Å²) in [5.74, 6) is 0.771. The standard InChI is InChI=1S/C34H33N5O2/c1-39-14-4-5-30(39)31-37-29-11-7-21(16-25(29)33(41)38-31)23-9-8-22(26-17-34(18-27(23)26)12-2-3-13-34)20-6-10-28-24(15-20)32(40)36-19-35-28/h6-11,15-16,19,30H,2-5,12-14,17-18H2,1H3,(H,35,36,40)(H,37,38,41). The lowest BCUT2D eigenvalue weighted by Gasteiger charge is -2.22. The number of hydrogen-bond acceptors (Lipinski definition) is 5. The van der Waals surface area contributed by atoms with Crippen LogP contribution >= 0.6 is 0 Å². The third-order valence-corrected chi connectivity index (χ3v) is 10.0. The van der Waals surface area contributed by atoms with E-state index < -0.39 is 0 Å². The quantitative estimate of drug-likeness (QED) is 0.295. The average molecular weight is 544 g/mol. The molecule has 0 bridgehead atoms. The van der Waals surface area contributed by atoms with E-state index in [1.54, 1.807) is 0 Å². The summed E-state index contributed by atoms with van der Waals surface area (Å²) < 4.78 is 0. The van der Waals surface area contributed by atoms with Crippen LogP contribution in [-0.2, 0) is 12.8 Å². The van der Waals surface area contributed by atoms with Gasteiger partial charge in [-0.3, -0.25) is 14.5 Å². The summed E-state index contributed by atoms with van der Waals surface area (Å²) in [6.07, 6.45) is 10.8. The predicted octanol–water partition coefficient (Wildman–Crippen LogP) is 5.92. The maximum Gasteiger partial charge on any atom is 0.258 e. The summed E-state index contributed by atoms with van der Waals surface area (Å²) >= 11 is 0. The molecule has 206 valence electrons. The molecule has 0 radical (unpaired) electrons. The second-order valence-electron chi connectivity index (χ2n) is 12.5. The van der Waals surface area contributed by atoms with E-state index in [1.807, 2.05) is 24.3 Å². The predicted molar refractivity (Wildman–Crippen MR) is 162 cm³/mol. The number of aromatic amines is 2. The molecule has 2 N–H and O–H groups in total. The van der Waals surface area contributed by atoms with Gasteiger partial charge in [0, 0.05) is 0 Å². The Bertz CT molecular complexity index is 1970. The molecular formula is C34H33N5O2. The SMILES string of the molecule is CN1CCCC1c1nc2ccc(-c3ccc(-c4ccc5nc[nH]c(=O)c5c4)c4c3CC3(CCCC3)C4)cc2c(=O)[nH]1. The van der Waals surface area contributed by atoms with Crippen molar-refractivity contribution < 1.29 is 0 Å². The van der Waals surface area contributed by atoms with Gasteiger partial charge in [0.25, 0.3) is 11.1 Å². The smallest absolute Gasteiger partial charge is 0.258 e. The largest absolute Gasteiger partial charge is 0.313 e. The molecule has 3 heterocycles. The molecule has 1 saturated carbocycles. The van der Waals surface area contributed by atoms with Crippen LogP contribution < -0.4 is 11.1 Å². The molecule has 1 unspecified atom stereocenters. The fraction of sp³-hybridized carbons (Fsp3) is 0.353. The van der Waals surface area contributed by atoms with Gasteiger partial charge in [-0.15, -0.1) is 0 Å². The molecule has 2 fully saturated rings. The van der Waals surface area contributed by atoms with Crippen molar-refractivity contribution in [1.82, 2.24) is 24.8 Å². The lowest BCUT2D eigenvalue weighted by atomic mass is 9.82. The molecule has 1 aliphatic heterocycles. The van der Waals surface area contributed by atoms with Crippen molar-refractivity contribution in [3.05, 3.63) is 92.5 Å². The summed E-state index contributed by atoms with van der Waals surface area (Å²) in [5.41, 5.74) is 8.87. The Labute approximate surface area is 237 Å². The van der Waals surface area contributed by atoms with Crippen LogP contribution in [0.4, 0.5) is 0 Å². The Morgan fingerprint density at radius 1 is 0.829 bits per heavy atom. The number of nitrogens with one attached hydrogen (secondary N) is 2. The van der Waals surface area contributed by atoms with Gasteiger partial charge in [0.1, 0.15) is 5.82 Å². The third-order valence-electron chi connectivity index (χ3n) is 10.0. The number of H-pyrrole nitrogens is 2. The van der Waals surface area contributed by atoms with E-state index in [9.17, 15) is 9.59 Å². The van der Waals surface area contributed by atoms with E-state index in [-0.39, 0.29) is 17.2 Å². The summed E-state index contributed by atoms with van der Waals surface area (Å²) in [7, 11) is 2.10. The van der Waals surface area contributed by atoms with Crippen molar-refractivity contribution in [1.29, 1.82) is 0 Å². The second-order valence-corrected chi connectivity index (χ2v) is 12.5. The minimum absolute atomic E-state index is 0.0670. The van der Waals surface area contributed by atoms with E-state index >= 15 is 0 Å². The fourth-order valence-electron chi connectivity index (χ4n) is 7.90. The van der Waals surface area contributed by atoms with Crippen LogP contribution in [0.5, 0.6) is 0 Å². The molecule has 1 spiro atoms. The Hall–Kier alpha value is -4.10. The monoisotopic (exact) mass is 543 g/mol. The fourth-order valence-corrected chi connectivity index (χ4v) is 7.90. The molecule has 3 aliphatic rings. The summed E-state index contributed by atoms with van der Waals surface area (Å²) in [4.78, 5) is 43.2. The maximum absolute atomic E-state index is 13.3. The first-order valence-corrected chi connectivity index (χ1v) is 14.9.